The van der Waals surface area contributed by atoms with E-state index in [1.54, 1.807) is 6.07 Å². The molecule has 3 N–H and O–H groups in total. The molecule has 0 bridgehead atoms. The molecule has 2 amide bonds. The van der Waals surface area contributed by atoms with Gasteiger partial charge in [0.2, 0.25) is 11.8 Å². The van der Waals surface area contributed by atoms with Crippen molar-refractivity contribution >= 4 is 17.6 Å². The molecule has 78 valence electrons. The van der Waals surface area contributed by atoms with Crippen LogP contribution in [0.15, 0.2) is 18.3 Å². The molecule has 0 atom stereocenters. The largest absolute Gasteiger partial charge is 0.366 e. The topological polar surface area (TPSA) is 85.1 Å². The summed E-state index contributed by atoms with van der Waals surface area (Å²) in [4.78, 5) is 26.0. The summed E-state index contributed by atoms with van der Waals surface area (Å²) in [6, 6.07) is 3.11. The van der Waals surface area contributed by atoms with Gasteiger partial charge < -0.3 is 11.1 Å². The van der Waals surface area contributed by atoms with Gasteiger partial charge in [0.25, 0.3) is 0 Å². The molecule has 1 fully saturated rings. The van der Waals surface area contributed by atoms with Crippen molar-refractivity contribution in [2.75, 3.05) is 5.32 Å². The van der Waals surface area contributed by atoms with Crippen LogP contribution in [-0.4, -0.2) is 16.8 Å². The lowest BCUT2D eigenvalue weighted by molar-refractivity contribution is -0.117. The summed E-state index contributed by atoms with van der Waals surface area (Å²) in [6.07, 6.45) is 3.25. The summed E-state index contributed by atoms with van der Waals surface area (Å²) < 4.78 is 0. The molecule has 0 aliphatic heterocycles. The van der Waals surface area contributed by atoms with Crippen molar-refractivity contribution in [1.82, 2.24) is 4.98 Å². The number of pyridine rings is 1. The van der Waals surface area contributed by atoms with Gasteiger partial charge in [0, 0.05) is 12.1 Å². The summed E-state index contributed by atoms with van der Waals surface area (Å²) in [6.45, 7) is 0. The van der Waals surface area contributed by atoms with Crippen LogP contribution >= 0.6 is 0 Å². The average molecular weight is 205 g/mol. The number of rotatable bonds is 3. The van der Waals surface area contributed by atoms with Gasteiger partial charge in [0.05, 0.1) is 5.56 Å². The fourth-order valence-corrected chi connectivity index (χ4v) is 1.19. The van der Waals surface area contributed by atoms with Crippen LogP contribution in [0.3, 0.4) is 0 Å². The summed E-state index contributed by atoms with van der Waals surface area (Å²) in [5.41, 5.74) is 5.39. The Kier molecular flexibility index (Phi) is 2.37. The van der Waals surface area contributed by atoms with Crippen LogP contribution in [0.25, 0.3) is 0 Å². The van der Waals surface area contributed by atoms with E-state index in [2.05, 4.69) is 10.3 Å². The Morgan fingerprint density at radius 2 is 2.13 bits per heavy atom. The monoisotopic (exact) mass is 205 g/mol. The molecule has 5 heteroatoms. The molecule has 1 aromatic heterocycles. The minimum absolute atomic E-state index is 0.00525. The number of nitrogens with zero attached hydrogens (tertiary/aromatic N) is 1. The third-order valence-electron chi connectivity index (χ3n) is 2.25. The minimum Gasteiger partial charge on any atom is -0.366 e. The van der Waals surface area contributed by atoms with Gasteiger partial charge in [0.15, 0.2) is 0 Å². The lowest BCUT2D eigenvalue weighted by Gasteiger charge is -2.02. The Balaban J connectivity index is 2.03. The molecule has 1 heterocycles. The van der Waals surface area contributed by atoms with Crippen molar-refractivity contribution in [1.29, 1.82) is 0 Å². The fraction of sp³-hybridized carbons (Fsp3) is 0.300. The first-order valence-electron chi connectivity index (χ1n) is 4.73. The van der Waals surface area contributed by atoms with Crippen molar-refractivity contribution in [3.63, 3.8) is 0 Å². The van der Waals surface area contributed by atoms with Crippen LogP contribution in [0.5, 0.6) is 0 Å². The van der Waals surface area contributed by atoms with Crippen LogP contribution in [-0.2, 0) is 4.79 Å². The summed E-state index contributed by atoms with van der Waals surface area (Å²) in [5.74, 6) is 0.0661. The normalized spacial score (nSPS) is 14.7. The van der Waals surface area contributed by atoms with E-state index in [0.717, 1.165) is 12.8 Å². The average Bonchev–Trinajstić information content (AvgIpc) is 3.01. The Morgan fingerprint density at radius 3 is 2.60 bits per heavy atom. The quantitative estimate of drug-likeness (QED) is 0.754. The van der Waals surface area contributed by atoms with Gasteiger partial charge in [0.1, 0.15) is 5.82 Å². The molecular formula is C10H11N3O2. The highest BCUT2D eigenvalue weighted by Crippen LogP contribution is 2.29. The lowest BCUT2D eigenvalue weighted by Crippen LogP contribution is -2.15. The van der Waals surface area contributed by atoms with Crippen molar-refractivity contribution in [3.05, 3.63) is 23.9 Å². The molecular weight excluding hydrogens is 194 g/mol. The number of primary amides is 1. The van der Waals surface area contributed by atoms with Gasteiger partial charge in [-0.1, -0.05) is 0 Å². The standard InChI is InChI=1S/C10H11N3O2/c11-9(14)7-3-4-8(12-5-7)13-10(15)6-1-2-6/h3-6H,1-2H2,(H2,11,14)(H,12,13,15). The molecule has 1 aliphatic rings. The number of anilines is 1. The second kappa shape index (κ2) is 3.68. The van der Waals surface area contributed by atoms with E-state index in [1.165, 1.54) is 12.3 Å². The van der Waals surface area contributed by atoms with E-state index in [0.29, 0.717) is 11.4 Å². The van der Waals surface area contributed by atoms with Crippen LogP contribution < -0.4 is 11.1 Å². The lowest BCUT2D eigenvalue weighted by atomic mass is 10.2. The van der Waals surface area contributed by atoms with E-state index >= 15 is 0 Å². The van der Waals surface area contributed by atoms with Crippen molar-refractivity contribution in [2.24, 2.45) is 11.7 Å². The molecule has 1 aliphatic carbocycles. The minimum atomic E-state index is -0.525. The Hall–Kier alpha value is -1.91. The maximum atomic E-state index is 11.4. The van der Waals surface area contributed by atoms with Gasteiger partial charge in [-0.2, -0.15) is 0 Å². The Labute approximate surface area is 86.7 Å². The van der Waals surface area contributed by atoms with Crippen LogP contribution in [0.4, 0.5) is 5.82 Å². The molecule has 15 heavy (non-hydrogen) atoms. The number of amides is 2. The zero-order valence-electron chi connectivity index (χ0n) is 8.06. The number of aromatic nitrogens is 1. The van der Waals surface area contributed by atoms with Gasteiger partial charge in [-0.25, -0.2) is 4.98 Å². The highest BCUT2D eigenvalue weighted by atomic mass is 16.2. The van der Waals surface area contributed by atoms with Crippen LogP contribution in [0.1, 0.15) is 23.2 Å². The maximum Gasteiger partial charge on any atom is 0.250 e. The first-order valence-corrected chi connectivity index (χ1v) is 4.73. The maximum absolute atomic E-state index is 11.4. The second-order valence-corrected chi connectivity index (χ2v) is 3.56. The number of carbonyl (C=O) groups is 2. The molecule has 1 aromatic rings. The molecule has 2 rings (SSSR count). The van der Waals surface area contributed by atoms with Gasteiger partial charge in [-0.3, -0.25) is 9.59 Å². The number of nitrogens with two attached hydrogens (primary N) is 1. The number of carbonyl (C=O) groups excluding carboxylic acids is 2. The van der Waals surface area contributed by atoms with E-state index in [1.807, 2.05) is 0 Å². The van der Waals surface area contributed by atoms with Crippen LogP contribution in [0.2, 0.25) is 0 Å². The number of hydrogen-bond acceptors (Lipinski definition) is 3. The summed E-state index contributed by atoms with van der Waals surface area (Å²) in [7, 11) is 0. The first-order chi connectivity index (χ1) is 7.16. The van der Waals surface area contributed by atoms with Crippen molar-refractivity contribution in [3.8, 4) is 0 Å². The predicted octanol–water partition coefficient (Wildman–Crippen LogP) is 0.529. The SMILES string of the molecule is NC(=O)c1ccc(NC(=O)C2CC2)nc1. The fourth-order valence-electron chi connectivity index (χ4n) is 1.19. The highest BCUT2D eigenvalue weighted by molar-refractivity contribution is 5.95. The molecule has 0 radical (unpaired) electrons. The molecule has 0 saturated heterocycles. The molecule has 1 saturated carbocycles. The van der Waals surface area contributed by atoms with Gasteiger partial charge in [-0.05, 0) is 25.0 Å². The van der Waals surface area contributed by atoms with E-state index in [4.69, 9.17) is 5.73 Å². The Bertz CT molecular complexity index is 396. The third-order valence-corrected chi connectivity index (χ3v) is 2.25. The van der Waals surface area contributed by atoms with E-state index in [9.17, 15) is 9.59 Å². The van der Waals surface area contributed by atoms with E-state index < -0.39 is 5.91 Å². The highest BCUT2D eigenvalue weighted by Gasteiger charge is 2.29. The van der Waals surface area contributed by atoms with Gasteiger partial charge in [-0.15, -0.1) is 0 Å². The molecule has 0 spiro atoms. The van der Waals surface area contributed by atoms with Crippen molar-refractivity contribution < 1.29 is 9.59 Å². The van der Waals surface area contributed by atoms with E-state index in [-0.39, 0.29) is 11.8 Å². The Morgan fingerprint density at radius 1 is 1.40 bits per heavy atom. The zero-order valence-corrected chi connectivity index (χ0v) is 8.06. The zero-order chi connectivity index (χ0) is 10.8. The molecule has 0 aromatic carbocycles. The molecule has 5 nitrogen and oxygen atoms in total. The second-order valence-electron chi connectivity index (χ2n) is 3.56. The van der Waals surface area contributed by atoms with Crippen molar-refractivity contribution in [2.45, 2.75) is 12.8 Å². The van der Waals surface area contributed by atoms with Crippen LogP contribution in [0, 0.1) is 5.92 Å². The smallest absolute Gasteiger partial charge is 0.250 e. The number of hydrogen-bond donors (Lipinski definition) is 2. The predicted molar refractivity (Wildman–Crippen MR) is 54.1 cm³/mol. The summed E-state index contributed by atoms with van der Waals surface area (Å²) in [5, 5.41) is 2.67. The number of nitrogens with one attached hydrogen (secondary N) is 1. The third kappa shape index (κ3) is 2.31. The summed E-state index contributed by atoms with van der Waals surface area (Å²) >= 11 is 0. The first kappa shape index (κ1) is 9.64. The molecule has 0 unspecified atom stereocenters. The van der Waals surface area contributed by atoms with Gasteiger partial charge >= 0.3 is 0 Å².